The molecule has 4 aliphatic heterocycles. The maximum Gasteiger partial charge on any atom is 0.397 e. The van der Waals surface area contributed by atoms with Crippen LogP contribution in [0.5, 0.6) is 0 Å². The number of aliphatic hydroxyl groups is 6. The van der Waals surface area contributed by atoms with Gasteiger partial charge >= 0.3 is 26.8 Å². The number of hydrogen-bond donors (Lipinski definition) is 13. The number of hydrogen-bond acceptors (Lipinski definition) is 27. The molecule has 4 aliphatic rings. The van der Waals surface area contributed by atoms with Crippen LogP contribution < -0.4 is 21.3 Å². The molecule has 4 heterocycles. The molecule has 0 aromatic carbocycles. The maximum absolute atomic E-state index is 12.5. The van der Waals surface area contributed by atoms with Crippen molar-refractivity contribution in [1.82, 2.24) is 21.3 Å². The number of aliphatic hydroxyl groups excluding tert-OH is 6. The van der Waals surface area contributed by atoms with Gasteiger partial charge in [-0.2, -0.15) is 16.8 Å². The first-order chi connectivity index (χ1) is 50.4. The lowest BCUT2D eigenvalue weighted by molar-refractivity contribution is -0.336. The van der Waals surface area contributed by atoms with Crippen molar-refractivity contribution < 1.29 is 142 Å². The fourth-order valence-corrected chi connectivity index (χ4v) is 14.2. The van der Waals surface area contributed by atoms with Gasteiger partial charge in [0.05, 0.1) is 18.8 Å². The van der Waals surface area contributed by atoms with Gasteiger partial charge in [-0.3, -0.25) is 37.9 Å². The Bertz CT molecular complexity index is 2800. The summed E-state index contributed by atoms with van der Waals surface area (Å²) in [6.45, 7) is 6.16. The number of nitrogens with one attached hydrogen (secondary N) is 4. The number of aliphatic carboxylic acids is 1. The van der Waals surface area contributed by atoms with Crippen molar-refractivity contribution in [3.63, 3.8) is 0 Å². The highest BCUT2D eigenvalue weighted by atomic mass is 32.3. The van der Waals surface area contributed by atoms with Crippen LogP contribution >= 0.6 is 0 Å². The number of Topliss-reactive ketones (excluding diaryl/α,β-unsaturated/α-hetero) is 2. The van der Waals surface area contributed by atoms with E-state index in [1.165, 1.54) is 13.8 Å². The third kappa shape index (κ3) is 37.3. The number of carboxylic acid groups (broad SMARTS) is 1. The summed E-state index contributed by atoms with van der Waals surface area (Å²) in [4.78, 5) is 85.8. The summed E-state index contributed by atoms with van der Waals surface area (Å²) in [7, 11) is -10.4. The molecule has 0 aromatic rings. The van der Waals surface area contributed by atoms with E-state index < -0.39 is 155 Å². The first kappa shape index (κ1) is 94.2. The van der Waals surface area contributed by atoms with Gasteiger partial charge in [-0.05, 0) is 77.6 Å². The Morgan fingerprint density at radius 2 is 0.802 bits per heavy atom. The first-order valence-corrected chi connectivity index (χ1v) is 41.0. The fraction of sp³-hybridized carbons (Fsp3) is 0.900. The predicted molar refractivity (Wildman–Crippen MR) is 378 cm³/mol. The third-order valence-corrected chi connectivity index (χ3v) is 20.1. The van der Waals surface area contributed by atoms with E-state index in [9.17, 15) is 95.2 Å². The van der Waals surface area contributed by atoms with Crippen LogP contribution in [0.1, 0.15) is 252 Å². The molecule has 34 nitrogen and oxygen atoms in total. The molecule has 4 amide bonds. The van der Waals surface area contributed by atoms with Crippen LogP contribution in [0, 0.1) is 0 Å². The van der Waals surface area contributed by atoms with Gasteiger partial charge in [-0.15, -0.1) is 0 Å². The Hall–Kier alpha value is -4.13. The minimum Gasteiger partial charge on any atom is -0.479 e. The number of carboxylic acids is 1. The van der Waals surface area contributed by atoms with Crippen LogP contribution in [-0.2, 0) is 101 Å². The lowest BCUT2D eigenvalue weighted by atomic mass is 9.94. The van der Waals surface area contributed by atoms with Crippen molar-refractivity contribution in [1.29, 1.82) is 0 Å². The zero-order valence-corrected chi connectivity index (χ0v) is 63.8. The van der Waals surface area contributed by atoms with Gasteiger partial charge in [-0.1, -0.05) is 122 Å². The average Bonchev–Trinajstić information content (AvgIpc) is 0.822. The van der Waals surface area contributed by atoms with Crippen molar-refractivity contribution in [2.45, 2.75) is 369 Å². The highest BCUT2D eigenvalue weighted by Crippen LogP contribution is 2.34. The molecule has 13 N–H and O–H groups in total. The number of rotatable bonds is 57. The monoisotopic (exact) mass is 1560 g/mol. The molecule has 4 rings (SSSR count). The minimum absolute atomic E-state index is 0.0188. The highest BCUT2D eigenvalue weighted by Gasteiger charge is 2.56. The molecule has 36 heteroatoms. The van der Waals surface area contributed by atoms with Crippen molar-refractivity contribution in [2.75, 3.05) is 32.9 Å². The van der Waals surface area contributed by atoms with Crippen molar-refractivity contribution in [3.8, 4) is 0 Å². The molecule has 19 unspecified atom stereocenters. The normalized spacial score (nSPS) is 28.5. The summed E-state index contributed by atoms with van der Waals surface area (Å²) in [5.41, 5.74) is 0. The summed E-state index contributed by atoms with van der Waals surface area (Å²) in [6, 6.07) is -2.71. The van der Waals surface area contributed by atoms with Crippen molar-refractivity contribution in [2.24, 2.45) is 0 Å². The molecule has 0 bridgehead atoms. The van der Waals surface area contributed by atoms with Gasteiger partial charge in [-0.25, -0.2) is 13.2 Å². The lowest BCUT2D eigenvalue weighted by Gasteiger charge is -2.47. The van der Waals surface area contributed by atoms with Gasteiger partial charge in [0.1, 0.15) is 72.5 Å². The Morgan fingerprint density at radius 3 is 1.22 bits per heavy atom. The van der Waals surface area contributed by atoms with E-state index in [0.29, 0.717) is 89.5 Å². The van der Waals surface area contributed by atoms with E-state index in [1.807, 2.05) is 0 Å². The molecular weight excluding hydrogens is 1440 g/mol. The Labute approximate surface area is 624 Å². The topological polar surface area (TPSA) is 510 Å². The molecule has 616 valence electrons. The largest absolute Gasteiger partial charge is 0.479 e. The minimum atomic E-state index is -5.27. The molecule has 19 atom stereocenters. The van der Waals surface area contributed by atoms with Crippen molar-refractivity contribution >= 4 is 62.0 Å². The zero-order valence-electron chi connectivity index (χ0n) is 62.2. The number of carbonyl (C=O) groups is 7. The van der Waals surface area contributed by atoms with Crippen LogP contribution in [-0.4, -0.2) is 252 Å². The second-order valence-electron chi connectivity index (χ2n) is 28.2. The van der Waals surface area contributed by atoms with E-state index in [-0.39, 0.29) is 43.8 Å². The number of unbranched alkanes of at least 4 members (excludes halogenated alkanes) is 23. The summed E-state index contributed by atoms with van der Waals surface area (Å²) in [5.74, 6) is -2.33. The van der Waals surface area contributed by atoms with Crippen LogP contribution in [0.25, 0.3) is 0 Å². The Morgan fingerprint density at radius 1 is 0.425 bits per heavy atom. The second-order valence-corrected chi connectivity index (χ2v) is 30.3. The molecule has 0 radical (unpaired) electrons. The van der Waals surface area contributed by atoms with Gasteiger partial charge in [0.2, 0.25) is 23.6 Å². The molecule has 0 saturated carbocycles. The van der Waals surface area contributed by atoms with Crippen LogP contribution in [0.3, 0.4) is 0 Å². The first-order valence-electron chi connectivity index (χ1n) is 38.3. The number of ether oxygens (including phenoxy) is 8. The molecular formula is C70H124N4O30S2. The van der Waals surface area contributed by atoms with Crippen molar-refractivity contribution in [3.05, 3.63) is 0 Å². The van der Waals surface area contributed by atoms with E-state index >= 15 is 0 Å². The van der Waals surface area contributed by atoms with Crippen LogP contribution in [0.4, 0.5) is 0 Å². The molecule has 4 saturated heterocycles. The van der Waals surface area contributed by atoms with Gasteiger partial charge in [0.15, 0.2) is 43.5 Å². The second kappa shape index (κ2) is 51.4. The summed E-state index contributed by atoms with van der Waals surface area (Å²) in [6.07, 6.45) is 0.305. The standard InChI is InChI=1S/C70H124N4O30S2/c1-5-50-57(82)60(85)55(74-47(4)76)68(99-50)101-62-61(86)64(104-106(92,93)94)70(102-65(62)66(87)88)96-43-32-22-13-17-27-37-49(78)36-26-16-11-10-15-25-35-48(77)34-24-14-8-6-7-9-18-28-38-52(79)71-40-30-20-12-19-29-39-53(80)72-41-31-21-23-33-42-95-69-63(103-105(89,90)91)58(83)51(44-97-69)100-67-54(73-46(3)75)59(84)56(81)45(2)98-67/h45,50-51,54-65,67-70,81-86H,5-44H2,1-4H3,(H,71,79)(H,72,80)(H,73,75)(H,74,76)(H,87,88)(H,89,90,91)(H,92,93,94). The summed E-state index contributed by atoms with van der Waals surface area (Å²) >= 11 is 0. The Kier molecular flexibility index (Phi) is 45.7. The smallest absolute Gasteiger partial charge is 0.397 e. The van der Waals surface area contributed by atoms with E-state index in [1.54, 1.807) is 6.92 Å². The van der Waals surface area contributed by atoms with E-state index in [0.717, 1.165) is 155 Å². The van der Waals surface area contributed by atoms with Gasteiger partial charge in [0, 0.05) is 78.7 Å². The third-order valence-electron chi connectivity index (χ3n) is 19.2. The zero-order chi connectivity index (χ0) is 78.2. The molecule has 0 spiro atoms. The number of amides is 4. The summed E-state index contributed by atoms with van der Waals surface area (Å²) < 4.78 is 121. The maximum atomic E-state index is 12.5. The Balaban J connectivity index is 0.881. The SMILES string of the molecule is CCC1OC(OC2C(C(=O)O)OC(OCCCCCCCC(=O)CCCCCCCCC(=O)CCCCCCCCCCC(=O)NCCCCCCCC(=O)NCCCCCCOC3OCC(OC4OC(C)C(O)C(O)C4NC(C)=O)C(O)C3OS(=O)(=O)O)C(OS(=O)(=O)O)C2O)C(NC(C)=O)C(O)C1O. The van der Waals surface area contributed by atoms with Crippen LogP contribution in [0.15, 0.2) is 0 Å². The van der Waals surface area contributed by atoms with E-state index in [2.05, 4.69) is 25.5 Å². The lowest BCUT2D eigenvalue weighted by Crippen LogP contribution is -2.68. The molecule has 106 heavy (non-hydrogen) atoms. The summed E-state index contributed by atoms with van der Waals surface area (Å²) in [5, 5.41) is 85.2. The molecule has 0 aliphatic carbocycles. The number of carbonyl (C=O) groups excluding carboxylic acids is 6. The highest BCUT2D eigenvalue weighted by molar-refractivity contribution is 7.81. The molecule has 4 fully saturated rings. The van der Waals surface area contributed by atoms with Crippen LogP contribution in [0.2, 0.25) is 0 Å². The fourth-order valence-electron chi connectivity index (χ4n) is 13.2. The van der Waals surface area contributed by atoms with Gasteiger partial charge in [0.25, 0.3) is 0 Å². The molecule has 0 aromatic heterocycles. The van der Waals surface area contributed by atoms with Gasteiger partial charge < -0.3 is 94.9 Å². The van der Waals surface area contributed by atoms with E-state index in [4.69, 9.17) is 42.1 Å². The predicted octanol–water partition coefficient (Wildman–Crippen LogP) is 4.02. The number of ketones is 2. The average molecular weight is 1570 g/mol. The quantitative estimate of drug-likeness (QED) is 0.0302.